The smallest absolute Gasteiger partial charge is 0.355 e. The fourth-order valence-corrected chi connectivity index (χ4v) is 6.48. The first-order chi connectivity index (χ1) is 18.9. The van der Waals surface area contributed by atoms with E-state index in [1.54, 1.807) is 0 Å². The fourth-order valence-electron chi connectivity index (χ4n) is 5.39. The molecular formula is C32H47N3O4Si. The summed E-state index contributed by atoms with van der Waals surface area (Å²) in [5.41, 5.74) is 8.25. The molecule has 0 bridgehead atoms. The van der Waals surface area contributed by atoms with E-state index in [2.05, 4.69) is 70.5 Å². The average molecular weight is 566 g/mol. The van der Waals surface area contributed by atoms with Crippen molar-refractivity contribution >= 4 is 25.2 Å². The Labute approximate surface area is 240 Å². The molecule has 0 amide bonds. The number of hydrogen-bond donors (Lipinski definition) is 0. The van der Waals surface area contributed by atoms with Gasteiger partial charge in [-0.05, 0) is 62.4 Å². The molecule has 0 unspecified atom stereocenters. The Morgan fingerprint density at radius 2 is 1.90 bits per heavy atom. The number of ether oxygens (including phenoxy) is 2. The number of aromatic nitrogens is 3. The highest BCUT2D eigenvalue weighted by Crippen LogP contribution is 2.41. The van der Waals surface area contributed by atoms with Crippen molar-refractivity contribution in [2.24, 2.45) is 7.05 Å². The van der Waals surface area contributed by atoms with Crippen molar-refractivity contribution in [2.75, 3.05) is 19.8 Å². The summed E-state index contributed by atoms with van der Waals surface area (Å²) in [6, 6.07) is 4.36. The van der Waals surface area contributed by atoms with Crippen LogP contribution >= 0.6 is 0 Å². The van der Waals surface area contributed by atoms with E-state index < -0.39 is 8.32 Å². The second kappa shape index (κ2) is 12.0. The van der Waals surface area contributed by atoms with Crippen LogP contribution in [0, 0.1) is 6.92 Å². The molecule has 1 aromatic carbocycles. The Bertz CT molecular complexity index is 1410. The van der Waals surface area contributed by atoms with Crippen molar-refractivity contribution in [1.82, 2.24) is 14.3 Å². The first-order valence-electron chi connectivity index (χ1n) is 14.7. The predicted molar refractivity (Wildman–Crippen MR) is 164 cm³/mol. The topological polar surface area (TPSA) is 67.5 Å². The number of fused-ring (bicyclic) bond motifs is 2. The summed E-state index contributed by atoms with van der Waals surface area (Å²) < 4.78 is 22.3. The number of esters is 1. The van der Waals surface area contributed by atoms with Gasteiger partial charge in [0.25, 0.3) is 0 Å². The quantitative estimate of drug-likeness (QED) is 0.126. The maximum Gasteiger partial charge on any atom is 0.355 e. The zero-order valence-electron chi connectivity index (χ0n) is 25.9. The van der Waals surface area contributed by atoms with Gasteiger partial charge in [-0.1, -0.05) is 52.0 Å². The van der Waals surface area contributed by atoms with Crippen molar-refractivity contribution in [3.05, 3.63) is 52.5 Å². The number of aryl methyl sites for hydroxylation is 4. The third kappa shape index (κ3) is 5.71. The molecule has 0 N–H and O–H groups in total. The monoisotopic (exact) mass is 565 g/mol. The summed E-state index contributed by atoms with van der Waals surface area (Å²) in [7, 11) is 0.132. The number of allylic oxidation sites excluding steroid dienone is 1. The van der Waals surface area contributed by atoms with Gasteiger partial charge in [0.05, 0.1) is 36.7 Å². The van der Waals surface area contributed by atoms with Gasteiger partial charge in [-0.25, -0.2) is 4.79 Å². The lowest BCUT2D eigenvalue weighted by Crippen LogP contribution is -2.41. The molecule has 0 saturated heterocycles. The van der Waals surface area contributed by atoms with Gasteiger partial charge in [-0.15, -0.1) is 0 Å². The first-order valence-corrected chi connectivity index (χ1v) is 17.6. The maximum atomic E-state index is 13.6. The Hall–Kier alpha value is -2.68. The third-order valence-electron chi connectivity index (χ3n) is 8.58. The SMILES string of the molecule is CCOC(=O)c1c(CCCO[Si](C)(C)C(C)(C)C)c2ccc(C)c3c2n1C/C=C\COCc1c-3c(CC)nn1C. The van der Waals surface area contributed by atoms with Gasteiger partial charge in [0.2, 0.25) is 0 Å². The lowest BCUT2D eigenvalue weighted by Gasteiger charge is -2.36. The molecule has 1 aliphatic rings. The van der Waals surface area contributed by atoms with Crippen LogP contribution < -0.4 is 0 Å². The molecule has 4 rings (SSSR count). The molecule has 0 spiro atoms. The minimum Gasteiger partial charge on any atom is -0.461 e. The molecule has 0 saturated carbocycles. The van der Waals surface area contributed by atoms with Gasteiger partial charge in [-0.3, -0.25) is 4.68 Å². The Balaban J connectivity index is 1.93. The van der Waals surface area contributed by atoms with Crippen LogP contribution in [-0.2, 0) is 46.9 Å². The number of benzene rings is 1. The van der Waals surface area contributed by atoms with Crippen LogP contribution in [0.2, 0.25) is 18.1 Å². The second-order valence-electron chi connectivity index (χ2n) is 12.3. The Morgan fingerprint density at radius 1 is 1.15 bits per heavy atom. The summed E-state index contributed by atoms with van der Waals surface area (Å²) in [4.78, 5) is 13.6. The summed E-state index contributed by atoms with van der Waals surface area (Å²) in [5.74, 6) is -0.274. The standard InChI is InChI=1S/C32H47N3O4Si/c1-10-25-28-26(34(7)33-25)21-37-19-13-12-18-35-29-24(17-16-22(3)27(28)29)23(30(35)31(36)38-11-2)15-14-20-39-40(8,9)32(4,5)6/h12-13,16-17H,10-11,14-15,18-21H2,1-9H3/b13-12-. The van der Waals surface area contributed by atoms with Crippen LogP contribution in [0.1, 0.15) is 74.0 Å². The van der Waals surface area contributed by atoms with Crippen LogP contribution in [0.3, 0.4) is 0 Å². The van der Waals surface area contributed by atoms with E-state index in [0.29, 0.717) is 38.7 Å². The molecule has 7 nitrogen and oxygen atoms in total. The van der Waals surface area contributed by atoms with Crippen LogP contribution in [0.5, 0.6) is 0 Å². The zero-order valence-corrected chi connectivity index (χ0v) is 26.9. The summed E-state index contributed by atoms with van der Waals surface area (Å²) >= 11 is 0. The van der Waals surface area contributed by atoms with Gasteiger partial charge >= 0.3 is 5.97 Å². The normalized spacial score (nSPS) is 15.1. The molecule has 0 aliphatic carbocycles. The Kier molecular flexibility index (Phi) is 9.12. The van der Waals surface area contributed by atoms with E-state index in [1.165, 1.54) is 0 Å². The van der Waals surface area contributed by atoms with Gasteiger partial charge in [0.15, 0.2) is 8.32 Å². The summed E-state index contributed by atoms with van der Waals surface area (Å²) in [6.45, 7) is 20.1. The highest BCUT2D eigenvalue weighted by Gasteiger charge is 2.37. The molecule has 3 aromatic rings. The number of carbonyl (C=O) groups is 1. The van der Waals surface area contributed by atoms with Crippen molar-refractivity contribution in [3.63, 3.8) is 0 Å². The third-order valence-corrected chi connectivity index (χ3v) is 13.1. The number of hydrogen-bond acceptors (Lipinski definition) is 5. The van der Waals surface area contributed by atoms with E-state index >= 15 is 0 Å². The molecule has 0 atom stereocenters. The Morgan fingerprint density at radius 3 is 2.58 bits per heavy atom. The minimum atomic E-state index is -1.86. The van der Waals surface area contributed by atoms with Crippen molar-refractivity contribution in [1.29, 1.82) is 0 Å². The van der Waals surface area contributed by atoms with Gasteiger partial charge in [0.1, 0.15) is 5.69 Å². The lowest BCUT2D eigenvalue weighted by atomic mass is 9.93. The van der Waals surface area contributed by atoms with Crippen LogP contribution in [-0.4, -0.2) is 48.5 Å². The molecular weight excluding hydrogens is 518 g/mol. The molecule has 1 aliphatic heterocycles. The molecule has 40 heavy (non-hydrogen) atoms. The van der Waals surface area contributed by atoms with E-state index in [4.69, 9.17) is 19.0 Å². The zero-order chi connectivity index (χ0) is 29.2. The molecule has 0 fully saturated rings. The summed E-state index contributed by atoms with van der Waals surface area (Å²) in [6.07, 6.45) is 6.50. The van der Waals surface area contributed by atoms with E-state index in [0.717, 1.165) is 63.8 Å². The fraction of sp³-hybridized carbons (Fsp3) is 0.562. The number of carbonyl (C=O) groups excluding carboxylic acids is 1. The highest BCUT2D eigenvalue weighted by molar-refractivity contribution is 6.74. The van der Waals surface area contributed by atoms with Gasteiger partial charge in [-0.2, -0.15) is 5.10 Å². The maximum absolute atomic E-state index is 13.6. The molecule has 218 valence electrons. The first kappa shape index (κ1) is 30.3. The van der Waals surface area contributed by atoms with Crippen LogP contribution in [0.25, 0.3) is 22.0 Å². The van der Waals surface area contributed by atoms with E-state index in [-0.39, 0.29) is 11.0 Å². The highest BCUT2D eigenvalue weighted by atomic mass is 28.4. The minimum absolute atomic E-state index is 0.158. The number of rotatable bonds is 8. The molecule has 2 aromatic heterocycles. The van der Waals surface area contributed by atoms with Gasteiger partial charge in [0, 0.05) is 36.7 Å². The lowest BCUT2D eigenvalue weighted by molar-refractivity contribution is 0.0513. The van der Waals surface area contributed by atoms with Gasteiger partial charge < -0.3 is 18.5 Å². The molecule has 0 radical (unpaired) electrons. The van der Waals surface area contributed by atoms with Crippen LogP contribution in [0.4, 0.5) is 0 Å². The predicted octanol–water partition coefficient (Wildman–Crippen LogP) is 7.13. The van der Waals surface area contributed by atoms with E-state index in [9.17, 15) is 4.79 Å². The van der Waals surface area contributed by atoms with Crippen LogP contribution in [0.15, 0.2) is 24.3 Å². The van der Waals surface area contributed by atoms with Crippen molar-refractivity contribution in [3.8, 4) is 11.1 Å². The van der Waals surface area contributed by atoms with Crippen molar-refractivity contribution < 1.29 is 18.7 Å². The number of nitrogens with zero attached hydrogens (tertiary/aromatic N) is 3. The molecule has 8 heteroatoms. The largest absolute Gasteiger partial charge is 0.461 e. The van der Waals surface area contributed by atoms with E-state index in [1.807, 2.05) is 24.7 Å². The average Bonchev–Trinajstić information content (AvgIpc) is 3.35. The molecule has 3 heterocycles. The summed E-state index contributed by atoms with van der Waals surface area (Å²) in [5, 5.41) is 6.14. The second-order valence-corrected chi connectivity index (χ2v) is 17.1. The van der Waals surface area contributed by atoms with Crippen molar-refractivity contribution in [2.45, 2.75) is 92.1 Å².